The van der Waals surface area contributed by atoms with Gasteiger partial charge in [-0.05, 0) is 25.5 Å². The fourth-order valence-electron chi connectivity index (χ4n) is 1.39. The van der Waals surface area contributed by atoms with E-state index < -0.39 is 0 Å². The van der Waals surface area contributed by atoms with Crippen molar-refractivity contribution in [1.82, 2.24) is 15.2 Å². The number of aryl methyl sites for hydroxylation is 2. The van der Waals surface area contributed by atoms with Gasteiger partial charge in [0.25, 0.3) is 0 Å². The molecule has 14 heavy (non-hydrogen) atoms. The summed E-state index contributed by atoms with van der Waals surface area (Å²) < 4.78 is 0. The number of H-pyrrole nitrogens is 1. The highest BCUT2D eigenvalue weighted by molar-refractivity contribution is 7.13. The summed E-state index contributed by atoms with van der Waals surface area (Å²) in [7, 11) is 0. The molecular weight excluding hydrogens is 196 g/mol. The molecule has 0 aliphatic rings. The number of anilines is 1. The maximum atomic E-state index is 3.91. The van der Waals surface area contributed by atoms with Crippen molar-refractivity contribution >= 4 is 16.5 Å². The third-order valence-corrected chi connectivity index (χ3v) is 2.70. The van der Waals surface area contributed by atoms with Crippen LogP contribution in [0.4, 0.5) is 5.13 Å². The first-order chi connectivity index (χ1) is 6.75. The van der Waals surface area contributed by atoms with Crippen molar-refractivity contribution in [2.75, 3.05) is 5.32 Å². The van der Waals surface area contributed by atoms with Crippen molar-refractivity contribution < 1.29 is 0 Å². The molecule has 0 saturated carbocycles. The van der Waals surface area contributed by atoms with Gasteiger partial charge in [-0.3, -0.25) is 0 Å². The SMILES string of the molecule is Cc1cc(CNc2nncs2)c(C)[nH]1. The average Bonchev–Trinajstić information content (AvgIpc) is 2.72. The van der Waals surface area contributed by atoms with Crippen molar-refractivity contribution in [2.45, 2.75) is 20.4 Å². The van der Waals surface area contributed by atoms with Crippen LogP contribution in [0.5, 0.6) is 0 Å². The topological polar surface area (TPSA) is 53.6 Å². The van der Waals surface area contributed by atoms with Crippen LogP contribution < -0.4 is 5.32 Å². The van der Waals surface area contributed by atoms with Crippen LogP contribution in [0.2, 0.25) is 0 Å². The lowest BCUT2D eigenvalue weighted by Gasteiger charge is -2.00. The Morgan fingerprint density at radius 3 is 2.93 bits per heavy atom. The first-order valence-electron chi connectivity index (χ1n) is 4.41. The quantitative estimate of drug-likeness (QED) is 0.812. The summed E-state index contributed by atoms with van der Waals surface area (Å²) in [5.41, 5.74) is 5.39. The summed E-state index contributed by atoms with van der Waals surface area (Å²) in [6, 6.07) is 2.14. The van der Waals surface area contributed by atoms with E-state index in [0.717, 1.165) is 11.7 Å². The van der Waals surface area contributed by atoms with Gasteiger partial charge in [-0.1, -0.05) is 11.3 Å². The molecule has 2 N–H and O–H groups in total. The van der Waals surface area contributed by atoms with Gasteiger partial charge in [0, 0.05) is 17.9 Å². The Hall–Kier alpha value is -1.36. The molecule has 0 aromatic carbocycles. The van der Waals surface area contributed by atoms with Gasteiger partial charge < -0.3 is 10.3 Å². The lowest BCUT2D eigenvalue weighted by Crippen LogP contribution is -1.99. The van der Waals surface area contributed by atoms with E-state index in [1.54, 1.807) is 5.51 Å². The Kier molecular flexibility index (Phi) is 2.49. The number of aromatic amines is 1. The van der Waals surface area contributed by atoms with Crippen molar-refractivity contribution in [2.24, 2.45) is 0 Å². The lowest BCUT2D eigenvalue weighted by atomic mass is 10.2. The predicted octanol–water partition coefficient (Wildman–Crippen LogP) is 2.10. The molecule has 0 bridgehead atoms. The standard InChI is InChI=1S/C9H12N4S/c1-6-3-8(7(2)12-6)4-10-9-13-11-5-14-9/h3,5,12H,4H2,1-2H3,(H,10,13). The molecule has 0 atom stereocenters. The van der Waals surface area contributed by atoms with Gasteiger partial charge in [-0.25, -0.2) is 0 Å². The minimum atomic E-state index is 0.797. The number of nitrogens with one attached hydrogen (secondary N) is 2. The number of nitrogens with zero attached hydrogens (tertiary/aromatic N) is 2. The minimum Gasteiger partial charge on any atom is -0.362 e. The molecule has 0 unspecified atom stereocenters. The van der Waals surface area contributed by atoms with Crippen LogP contribution in [0, 0.1) is 13.8 Å². The van der Waals surface area contributed by atoms with Crippen LogP contribution in [-0.4, -0.2) is 15.2 Å². The second-order valence-corrected chi connectivity index (χ2v) is 4.03. The van der Waals surface area contributed by atoms with Gasteiger partial charge >= 0.3 is 0 Å². The highest BCUT2D eigenvalue weighted by Crippen LogP contribution is 2.13. The molecule has 4 nitrogen and oxygen atoms in total. The summed E-state index contributed by atoms with van der Waals surface area (Å²) >= 11 is 1.51. The summed E-state index contributed by atoms with van der Waals surface area (Å²) in [6.07, 6.45) is 0. The Morgan fingerprint density at radius 1 is 1.50 bits per heavy atom. The molecule has 2 heterocycles. The maximum absolute atomic E-state index is 3.91. The van der Waals surface area contributed by atoms with E-state index in [4.69, 9.17) is 0 Å². The fraction of sp³-hybridized carbons (Fsp3) is 0.333. The van der Waals surface area contributed by atoms with E-state index in [2.05, 4.69) is 40.4 Å². The molecule has 5 heteroatoms. The summed E-state index contributed by atoms with van der Waals surface area (Å²) in [6.45, 7) is 4.93. The second-order valence-electron chi connectivity index (χ2n) is 3.20. The van der Waals surface area contributed by atoms with Crippen molar-refractivity contribution in [3.63, 3.8) is 0 Å². The van der Waals surface area contributed by atoms with Crippen LogP contribution in [-0.2, 0) is 6.54 Å². The zero-order valence-electron chi connectivity index (χ0n) is 8.16. The minimum absolute atomic E-state index is 0.797. The van der Waals surface area contributed by atoms with Crippen LogP contribution in [0.15, 0.2) is 11.6 Å². The molecule has 0 radical (unpaired) electrons. The van der Waals surface area contributed by atoms with Crippen LogP contribution in [0.3, 0.4) is 0 Å². The number of hydrogen-bond donors (Lipinski definition) is 2. The first-order valence-corrected chi connectivity index (χ1v) is 5.29. The molecule has 2 aromatic heterocycles. The molecule has 0 saturated heterocycles. The van der Waals surface area contributed by atoms with Gasteiger partial charge in [0.15, 0.2) is 0 Å². The van der Waals surface area contributed by atoms with E-state index in [-0.39, 0.29) is 0 Å². The zero-order valence-corrected chi connectivity index (χ0v) is 8.98. The summed E-state index contributed by atoms with van der Waals surface area (Å²) in [5, 5.41) is 11.8. The third kappa shape index (κ3) is 1.93. The molecule has 0 aliphatic heterocycles. The van der Waals surface area contributed by atoms with Gasteiger partial charge in [0.2, 0.25) is 5.13 Å². The van der Waals surface area contributed by atoms with E-state index in [9.17, 15) is 0 Å². The smallest absolute Gasteiger partial charge is 0.205 e. The van der Waals surface area contributed by atoms with Crippen molar-refractivity contribution in [1.29, 1.82) is 0 Å². The summed E-state index contributed by atoms with van der Waals surface area (Å²) in [4.78, 5) is 3.26. The predicted molar refractivity (Wildman–Crippen MR) is 57.5 cm³/mol. The number of rotatable bonds is 3. The lowest BCUT2D eigenvalue weighted by molar-refractivity contribution is 1.04. The maximum Gasteiger partial charge on any atom is 0.205 e. The molecule has 74 valence electrons. The largest absolute Gasteiger partial charge is 0.362 e. The Bertz CT molecular complexity index is 404. The van der Waals surface area contributed by atoms with Gasteiger partial charge in [-0.2, -0.15) is 0 Å². The van der Waals surface area contributed by atoms with Crippen LogP contribution >= 0.6 is 11.3 Å². The zero-order chi connectivity index (χ0) is 9.97. The van der Waals surface area contributed by atoms with E-state index in [0.29, 0.717) is 0 Å². The van der Waals surface area contributed by atoms with Gasteiger partial charge in [0.05, 0.1) is 0 Å². The van der Waals surface area contributed by atoms with Gasteiger partial charge in [0.1, 0.15) is 5.51 Å². The molecule has 0 amide bonds. The van der Waals surface area contributed by atoms with E-state index >= 15 is 0 Å². The summed E-state index contributed by atoms with van der Waals surface area (Å²) in [5.74, 6) is 0. The van der Waals surface area contributed by atoms with Crippen molar-refractivity contribution in [3.05, 3.63) is 28.5 Å². The van der Waals surface area contributed by atoms with Gasteiger partial charge in [-0.15, -0.1) is 10.2 Å². The Labute approximate surface area is 86.4 Å². The average molecular weight is 208 g/mol. The first kappa shape index (κ1) is 9.21. The highest BCUT2D eigenvalue weighted by Gasteiger charge is 2.02. The fourth-order valence-corrected chi connectivity index (χ4v) is 1.83. The molecule has 0 aliphatic carbocycles. The van der Waals surface area contributed by atoms with E-state index in [1.807, 2.05) is 0 Å². The number of hydrogen-bond acceptors (Lipinski definition) is 4. The molecule has 2 rings (SSSR count). The van der Waals surface area contributed by atoms with Crippen molar-refractivity contribution in [3.8, 4) is 0 Å². The third-order valence-electron chi connectivity index (χ3n) is 2.05. The second kappa shape index (κ2) is 3.79. The van der Waals surface area contributed by atoms with E-state index in [1.165, 1.54) is 28.3 Å². The normalized spacial score (nSPS) is 10.4. The highest BCUT2D eigenvalue weighted by atomic mass is 32.1. The molecule has 2 aromatic rings. The molecule has 0 spiro atoms. The Balaban J connectivity index is 2.01. The molecule has 0 fully saturated rings. The Morgan fingerprint density at radius 2 is 2.36 bits per heavy atom. The monoisotopic (exact) mass is 208 g/mol. The van der Waals surface area contributed by atoms with Crippen LogP contribution in [0.25, 0.3) is 0 Å². The van der Waals surface area contributed by atoms with Crippen LogP contribution in [0.1, 0.15) is 17.0 Å². The number of aromatic nitrogens is 3. The molecular formula is C9H12N4S.